The fourth-order valence-electron chi connectivity index (χ4n) is 4.98. The van der Waals surface area contributed by atoms with Crippen LogP contribution in [0.25, 0.3) is 22.2 Å². The van der Waals surface area contributed by atoms with Gasteiger partial charge in [-0.25, -0.2) is 17.8 Å². The second kappa shape index (κ2) is 8.35. The van der Waals surface area contributed by atoms with Gasteiger partial charge in [0.1, 0.15) is 23.2 Å². The molecule has 2 atom stereocenters. The maximum atomic E-state index is 16.0. The highest BCUT2D eigenvalue weighted by molar-refractivity contribution is 7.92. The molecule has 6 nitrogen and oxygen atoms in total. The molecule has 4 aromatic rings. The van der Waals surface area contributed by atoms with E-state index in [4.69, 9.17) is 0 Å². The van der Waals surface area contributed by atoms with Crippen LogP contribution in [-0.2, 0) is 9.84 Å². The van der Waals surface area contributed by atoms with E-state index in [1.165, 1.54) is 18.2 Å². The van der Waals surface area contributed by atoms with Gasteiger partial charge < -0.3 is 14.4 Å². The Hall–Kier alpha value is -3.37. The van der Waals surface area contributed by atoms with Crippen LogP contribution in [0, 0.1) is 5.82 Å². The first-order chi connectivity index (χ1) is 17.3. The number of sulfone groups is 1. The van der Waals surface area contributed by atoms with Crippen LogP contribution in [0.2, 0.25) is 0 Å². The number of rotatable bonds is 6. The molecule has 0 unspecified atom stereocenters. The Balaban J connectivity index is 1.46. The Labute approximate surface area is 204 Å². The predicted octanol–water partition coefficient (Wildman–Crippen LogP) is 5.41. The van der Waals surface area contributed by atoms with Crippen molar-refractivity contribution in [2.24, 2.45) is 0 Å². The van der Waals surface area contributed by atoms with Gasteiger partial charge >= 0.3 is 6.61 Å². The number of aliphatic hydroxyl groups excluding tert-OH is 1. The van der Waals surface area contributed by atoms with E-state index in [0.29, 0.717) is 29.5 Å². The van der Waals surface area contributed by atoms with Crippen molar-refractivity contribution in [2.75, 3.05) is 0 Å². The minimum atomic E-state index is -3.37. The number of hydrogen-bond acceptors (Lipinski definition) is 5. The summed E-state index contributed by atoms with van der Waals surface area (Å²) in [6, 6.07) is 14.8. The molecule has 0 bridgehead atoms. The molecule has 0 spiro atoms. The maximum absolute atomic E-state index is 16.0. The van der Waals surface area contributed by atoms with Crippen molar-refractivity contribution in [2.45, 2.75) is 48.2 Å². The average Bonchev–Trinajstić information content (AvgIpc) is 3.58. The normalized spacial score (nSPS) is 19.7. The highest BCUT2D eigenvalue weighted by atomic mass is 32.2. The van der Waals surface area contributed by atoms with Crippen LogP contribution in [0.1, 0.15) is 42.8 Å². The molecule has 10 heteroatoms. The Kier molecular flexibility index (Phi) is 5.34. The molecule has 1 fully saturated rings. The Morgan fingerprint density at radius 3 is 2.44 bits per heavy atom. The van der Waals surface area contributed by atoms with Crippen LogP contribution in [0.5, 0.6) is 5.75 Å². The highest BCUT2D eigenvalue weighted by Gasteiger charge is 2.38. The summed E-state index contributed by atoms with van der Waals surface area (Å²) >= 11 is 0. The van der Waals surface area contributed by atoms with E-state index in [-0.39, 0.29) is 39.2 Å². The van der Waals surface area contributed by atoms with Gasteiger partial charge in [-0.3, -0.25) is 0 Å². The van der Waals surface area contributed by atoms with Gasteiger partial charge in [0.15, 0.2) is 15.7 Å². The molecule has 0 saturated heterocycles. The van der Waals surface area contributed by atoms with Crippen LogP contribution in [0.15, 0.2) is 65.6 Å². The quantitative estimate of drug-likeness (QED) is 0.372. The molecule has 1 aliphatic heterocycles. The summed E-state index contributed by atoms with van der Waals surface area (Å²) in [7, 11) is -3.37. The van der Waals surface area contributed by atoms with Crippen molar-refractivity contribution >= 4 is 20.9 Å². The second-order valence-corrected chi connectivity index (χ2v) is 11.3. The van der Waals surface area contributed by atoms with Crippen LogP contribution in [0.4, 0.5) is 13.2 Å². The minimum Gasteiger partial charge on any atom is -0.434 e. The zero-order valence-corrected chi connectivity index (χ0v) is 19.6. The van der Waals surface area contributed by atoms with Gasteiger partial charge in [-0.2, -0.15) is 8.78 Å². The maximum Gasteiger partial charge on any atom is 0.387 e. The summed E-state index contributed by atoms with van der Waals surface area (Å²) in [4.78, 5) is 4.62. The largest absolute Gasteiger partial charge is 0.434 e. The van der Waals surface area contributed by atoms with Crippen molar-refractivity contribution in [3.8, 4) is 16.9 Å². The van der Waals surface area contributed by atoms with E-state index >= 15 is 4.39 Å². The minimum absolute atomic E-state index is 0.0524. The number of hydrogen-bond donors (Lipinski definition) is 1. The lowest BCUT2D eigenvalue weighted by molar-refractivity contribution is -0.0507. The number of benzene rings is 3. The van der Waals surface area contributed by atoms with Gasteiger partial charge in [-0.15, -0.1) is 0 Å². The van der Waals surface area contributed by atoms with E-state index < -0.39 is 34.4 Å². The molecule has 186 valence electrons. The SMILES string of the molecule is O=S(=O)(c1ccc(-c2ccc3nc4n(c3c2F)[C@@H](c2ccccc2OC(F)F)C[C@H]4O)cc1)C1CC1. The van der Waals surface area contributed by atoms with E-state index in [2.05, 4.69) is 9.72 Å². The van der Waals surface area contributed by atoms with Gasteiger partial charge in [0.25, 0.3) is 0 Å². The standard InChI is InChI=1S/C26H21F3N2O4S/c27-23-17(14-5-7-15(8-6-14)36(33,34)16-9-10-16)11-12-19-24(23)31-20(13-21(32)25(31)30-19)18-3-1-2-4-22(18)35-26(28)29/h1-8,11-12,16,20-21,26,32H,9-10,13H2/t20-,21-/m1/s1. The molecule has 2 heterocycles. The number of fused-ring (bicyclic) bond motifs is 3. The van der Waals surface area contributed by atoms with Crippen LogP contribution >= 0.6 is 0 Å². The third kappa shape index (κ3) is 3.67. The molecule has 2 aliphatic rings. The van der Waals surface area contributed by atoms with Crippen LogP contribution in [-0.4, -0.2) is 34.9 Å². The lowest BCUT2D eigenvalue weighted by Crippen LogP contribution is -2.11. The first-order valence-electron chi connectivity index (χ1n) is 11.5. The number of aromatic nitrogens is 2. The van der Waals surface area contributed by atoms with Crippen LogP contribution in [0.3, 0.4) is 0 Å². The second-order valence-electron chi connectivity index (χ2n) is 9.09. The summed E-state index contributed by atoms with van der Waals surface area (Å²) in [6.07, 6.45) is 0.413. The lowest BCUT2D eigenvalue weighted by atomic mass is 10.0. The summed E-state index contributed by atoms with van der Waals surface area (Å²) in [5.41, 5.74) is 1.55. The number of aliphatic hydroxyl groups is 1. The van der Waals surface area contributed by atoms with E-state index in [9.17, 15) is 22.3 Å². The molecule has 1 saturated carbocycles. The van der Waals surface area contributed by atoms with E-state index in [1.807, 2.05) is 0 Å². The average molecular weight is 515 g/mol. The molecule has 1 aliphatic carbocycles. The molecule has 3 aromatic carbocycles. The molecule has 0 amide bonds. The number of alkyl halides is 2. The van der Waals surface area contributed by atoms with Crippen LogP contribution < -0.4 is 4.74 Å². The van der Waals surface area contributed by atoms with Crippen molar-refractivity contribution in [3.63, 3.8) is 0 Å². The molecule has 6 rings (SSSR count). The summed E-state index contributed by atoms with van der Waals surface area (Å²) in [5.74, 6) is -0.414. The fourth-order valence-corrected chi connectivity index (χ4v) is 6.64. The highest BCUT2D eigenvalue weighted by Crippen LogP contribution is 2.45. The molecule has 0 radical (unpaired) electrons. The first-order valence-corrected chi connectivity index (χ1v) is 13.1. The summed E-state index contributed by atoms with van der Waals surface area (Å²) in [5, 5.41) is 10.3. The number of nitrogens with zero attached hydrogens (tertiary/aromatic N) is 2. The Morgan fingerprint density at radius 2 is 1.75 bits per heavy atom. The van der Waals surface area contributed by atoms with E-state index in [0.717, 1.165) is 0 Å². The zero-order chi connectivity index (χ0) is 25.2. The van der Waals surface area contributed by atoms with Gasteiger partial charge in [-0.1, -0.05) is 30.3 Å². The third-order valence-electron chi connectivity index (χ3n) is 6.82. The van der Waals surface area contributed by atoms with Crippen molar-refractivity contribution in [1.82, 2.24) is 9.55 Å². The number of para-hydroxylation sites is 1. The van der Waals surface area contributed by atoms with Gasteiger partial charge in [0, 0.05) is 17.5 Å². The van der Waals surface area contributed by atoms with Crippen molar-refractivity contribution < 1.29 is 31.4 Å². The molecule has 36 heavy (non-hydrogen) atoms. The Bertz CT molecular complexity index is 1580. The smallest absolute Gasteiger partial charge is 0.387 e. The third-order valence-corrected chi connectivity index (χ3v) is 9.10. The zero-order valence-electron chi connectivity index (χ0n) is 18.8. The van der Waals surface area contributed by atoms with Crippen molar-refractivity contribution in [3.05, 3.63) is 77.9 Å². The Morgan fingerprint density at radius 1 is 1.03 bits per heavy atom. The van der Waals surface area contributed by atoms with E-state index in [1.54, 1.807) is 47.0 Å². The number of ether oxygens (including phenoxy) is 1. The molecular weight excluding hydrogens is 493 g/mol. The lowest BCUT2D eigenvalue weighted by Gasteiger charge is -2.19. The summed E-state index contributed by atoms with van der Waals surface area (Å²) in [6.45, 7) is -3.04. The van der Waals surface area contributed by atoms with Gasteiger partial charge in [-0.05, 0) is 48.7 Å². The van der Waals surface area contributed by atoms with Gasteiger partial charge in [0.2, 0.25) is 0 Å². The fraction of sp³-hybridized carbons (Fsp3) is 0.269. The topological polar surface area (TPSA) is 81.4 Å². The van der Waals surface area contributed by atoms with Gasteiger partial charge in [0.05, 0.1) is 21.7 Å². The predicted molar refractivity (Wildman–Crippen MR) is 126 cm³/mol. The molecular formula is C26H21F3N2O4S. The number of imidazole rings is 1. The monoisotopic (exact) mass is 514 g/mol. The number of halogens is 3. The van der Waals surface area contributed by atoms with Crippen molar-refractivity contribution in [1.29, 1.82) is 0 Å². The molecule has 1 N–H and O–H groups in total. The molecule has 1 aromatic heterocycles. The summed E-state index contributed by atoms with van der Waals surface area (Å²) < 4.78 is 73.3. The first kappa shape index (κ1) is 23.1.